The van der Waals surface area contributed by atoms with Gasteiger partial charge in [0, 0.05) is 0 Å². The molecule has 1 amide bonds. The maximum atomic E-state index is 10.9. The lowest BCUT2D eigenvalue weighted by Crippen LogP contribution is -2.25. The highest BCUT2D eigenvalue weighted by atomic mass is 16.4. The van der Waals surface area contributed by atoms with E-state index >= 15 is 0 Å². The van der Waals surface area contributed by atoms with Gasteiger partial charge in [0.2, 0.25) is 5.91 Å². The summed E-state index contributed by atoms with van der Waals surface area (Å²) in [6, 6.07) is 0. The van der Waals surface area contributed by atoms with Gasteiger partial charge in [-0.2, -0.15) is 5.10 Å². The van der Waals surface area contributed by atoms with E-state index in [1.54, 1.807) is 20.8 Å². The third kappa shape index (κ3) is 2.21. The number of aryl methyl sites for hydroxylation is 1. The molecule has 1 aromatic heterocycles. The fourth-order valence-electron chi connectivity index (χ4n) is 1.53. The van der Waals surface area contributed by atoms with Crippen molar-refractivity contribution < 1.29 is 14.7 Å². The smallest absolute Gasteiger partial charge is 0.339 e. The summed E-state index contributed by atoms with van der Waals surface area (Å²) in [6.45, 7) is 5.27. The van der Waals surface area contributed by atoms with E-state index in [1.165, 1.54) is 4.68 Å². The van der Waals surface area contributed by atoms with E-state index in [0.29, 0.717) is 17.9 Å². The summed E-state index contributed by atoms with van der Waals surface area (Å²) in [5, 5.41) is 13.0. The van der Waals surface area contributed by atoms with Crippen molar-refractivity contribution in [3.63, 3.8) is 0 Å². The van der Waals surface area contributed by atoms with Gasteiger partial charge in [0.05, 0.1) is 23.9 Å². The average molecular weight is 225 g/mol. The molecular formula is C10H15N3O3. The Hall–Kier alpha value is -1.85. The first kappa shape index (κ1) is 12.2. The summed E-state index contributed by atoms with van der Waals surface area (Å²) in [7, 11) is 0. The van der Waals surface area contributed by atoms with Crippen LogP contribution in [0.25, 0.3) is 0 Å². The Morgan fingerprint density at radius 3 is 2.44 bits per heavy atom. The summed E-state index contributed by atoms with van der Waals surface area (Å²) >= 11 is 0. The lowest BCUT2D eigenvalue weighted by atomic mass is 10.1. The molecule has 0 fully saturated rings. The Bertz CT molecular complexity index is 437. The Morgan fingerprint density at radius 2 is 2.06 bits per heavy atom. The molecule has 0 saturated heterocycles. The van der Waals surface area contributed by atoms with Crippen molar-refractivity contribution in [2.75, 3.05) is 0 Å². The lowest BCUT2D eigenvalue weighted by molar-refractivity contribution is -0.121. The predicted octanol–water partition coefficient (Wildman–Crippen LogP) is 0.320. The van der Waals surface area contributed by atoms with Gasteiger partial charge in [-0.25, -0.2) is 4.79 Å². The van der Waals surface area contributed by atoms with E-state index in [0.717, 1.165) is 0 Å². The number of amides is 1. The molecule has 0 radical (unpaired) electrons. The second-order valence-corrected chi connectivity index (χ2v) is 3.84. The summed E-state index contributed by atoms with van der Waals surface area (Å²) in [5.74, 6) is -1.81. The summed E-state index contributed by atoms with van der Waals surface area (Å²) < 4.78 is 1.51. The molecule has 1 aromatic rings. The first-order chi connectivity index (χ1) is 7.34. The van der Waals surface area contributed by atoms with Crippen LogP contribution in [-0.2, 0) is 11.3 Å². The van der Waals surface area contributed by atoms with Gasteiger partial charge in [0.15, 0.2) is 0 Å². The highest BCUT2D eigenvalue weighted by molar-refractivity contribution is 5.90. The van der Waals surface area contributed by atoms with Crippen LogP contribution in [0.3, 0.4) is 0 Å². The molecule has 3 N–H and O–H groups in total. The maximum absolute atomic E-state index is 10.9. The largest absolute Gasteiger partial charge is 0.478 e. The fourth-order valence-corrected chi connectivity index (χ4v) is 1.53. The van der Waals surface area contributed by atoms with E-state index in [9.17, 15) is 9.59 Å². The van der Waals surface area contributed by atoms with Crippen molar-refractivity contribution in [1.29, 1.82) is 0 Å². The first-order valence-corrected chi connectivity index (χ1v) is 4.91. The van der Waals surface area contributed by atoms with Crippen LogP contribution in [0.5, 0.6) is 0 Å². The van der Waals surface area contributed by atoms with Gasteiger partial charge in [-0.3, -0.25) is 9.48 Å². The van der Waals surface area contributed by atoms with Crippen LogP contribution in [0, 0.1) is 19.8 Å². The number of nitrogens with zero attached hydrogens (tertiary/aromatic N) is 2. The van der Waals surface area contributed by atoms with Gasteiger partial charge < -0.3 is 10.8 Å². The van der Waals surface area contributed by atoms with Crippen LogP contribution >= 0.6 is 0 Å². The predicted molar refractivity (Wildman–Crippen MR) is 57.0 cm³/mol. The second-order valence-electron chi connectivity index (χ2n) is 3.84. The Balaban J connectivity index is 3.04. The molecule has 6 heteroatoms. The van der Waals surface area contributed by atoms with Crippen molar-refractivity contribution in [3.05, 3.63) is 17.0 Å². The molecule has 1 rings (SSSR count). The molecule has 1 atom stereocenters. The van der Waals surface area contributed by atoms with E-state index in [1.807, 2.05) is 0 Å². The zero-order valence-corrected chi connectivity index (χ0v) is 9.52. The van der Waals surface area contributed by atoms with E-state index in [4.69, 9.17) is 10.8 Å². The number of carbonyl (C=O) groups is 2. The minimum Gasteiger partial charge on any atom is -0.478 e. The topological polar surface area (TPSA) is 98.2 Å². The standard InChI is InChI=1S/C10H15N3O3/c1-5(9(11)14)4-13-7(3)8(10(15)16)6(2)12-13/h5H,4H2,1-3H3,(H2,11,14)(H,15,16). The molecule has 1 unspecified atom stereocenters. The normalized spacial score (nSPS) is 12.4. The highest BCUT2D eigenvalue weighted by Gasteiger charge is 2.19. The van der Waals surface area contributed by atoms with Gasteiger partial charge in [-0.1, -0.05) is 6.92 Å². The molecule has 0 aliphatic rings. The third-order valence-corrected chi connectivity index (χ3v) is 2.53. The second kappa shape index (κ2) is 4.34. The van der Waals surface area contributed by atoms with Crippen LogP contribution in [-0.4, -0.2) is 26.8 Å². The number of carboxylic acids is 1. The Kier molecular flexibility index (Phi) is 3.31. The van der Waals surface area contributed by atoms with Crippen molar-refractivity contribution in [1.82, 2.24) is 9.78 Å². The van der Waals surface area contributed by atoms with Crippen LogP contribution in [0.2, 0.25) is 0 Å². The van der Waals surface area contributed by atoms with Crippen LogP contribution < -0.4 is 5.73 Å². The van der Waals surface area contributed by atoms with Gasteiger partial charge >= 0.3 is 5.97 Å². The molecule has 6 nitrogen and oxygen atoms in total. The molecule has 16 heavy (non-hydrogen) atoms. The summed E-state index contributed by atoms with van der Waals surface area (Å²) in [6.07, 6.45) is 0. The maximum Gasteiger partial charge on any atom is 0.339 e. The van der Waals surface area contributed by atoms with Crippen LogP contribution in [0.15, 0.2) is 0 Å². The van der Waals surface area contributed by atoms with Crippen molar-refractivity contribution in [2.45, 2.75) is 27.3 Å². The summed E-state index contributed by atoms with van der Waals surface area (Å²) in [5.41, 5.74) is 6.32. The number of aromatic carboxylic acids is 1. The van der Waals surface area contributed by atoms with E-state index in [-0.39, 0.29) is 11.5 Å². The first-order valence-electron chi connectivity index (χ1n) is 4.91. The van der Waals surface area contributed by atoms with E-state index in [2.05, 4.69) is 5.10 Å². The number of carboxylic acid groups (broad SMARTS) is 1. The minimum absolute atomic E-state index is 0.191. The molecule has 0 aromatic carbocycles. The number of aromatic nitrogens is 2. The minimum atomic E-state index is -1.01. The van der Waals surface area contributed by atoms with Gasteiger partial charge in [0.1, 0.15) is 5.56 Å². The molecule has 1 heterocycles. The Morgan fingerprint density at radius 1 is 1.50 bits per heavy atom. The van der Waals surface area contributed by atoms with Gasteiger partial charge in [-0.15, -0.1) is 0 Å². The number of hydrogen-bond acceptors (Lipinski definition) is 3. The third-order valence-electron chi connectivity index (χ3n) is 2.53. The number of hydrogen-bond donors (Lipinski definition) is 2. The van der Waals surface area contributed by atoms with Crippen molar-refractivity contribution in [2.24, 2.45) is 11.7 Å². The number of primary amides is 1. The number of carbonyl (C=O) groups excluding carboxylic acids is 1. The van der Waals surface area contributed by atoms with Crippen molar-refractivity contribution in [3.8, 4) is 0 Å². The highest BCUT2D eigenvalue weighted by Crippen LogP contribution is 2.14. The van der Waals surface area contributed by atoms with Crippen molar-refractivity contribution >= 4 is 11.9 Å². The fraction of sp³-hybridized carbons (Fsp3) is 0.500. The molecule has 88 valence electrons. The molecule has 0 spiro atoms. The number of nitrogens with two attached hydrogens (primary N) is 1. The zero-order valence-electron chi connectivity index (χ0n) is 9.52. The van der Waals surface area contributed by atoms with Crippen LogP contribution in [0.4, 0.5) is 0 Å². The van der Waals surface area contributed by atoms with Gasteiger partial charge in [-0.05, 0) is 13.8 Å². The lowest BCUT2D eigenvalue weighted by Gasteiger charge is -2.08. The Labute approximate surface area is 93.1 Å². The van der Waals surface area contributed by atoms with Gasteiger partial charge in [0.25, 0.3) is 0 Å². The van der Waals surface area contributed by atoms with E-state index < -0.39 is 11.9 Å². The molecule has 0 bridgehead atoms. The molecular weight excluding hydrogens is 210 g/mol. The molecule has 0 saturated carbocycles. The molecule has 0 aliphatic carbocycles. The number of rotatable bonds is 4. The SMILES string of the molecule is Cc1nn(CC(C)C(N)=O)c(C)c1C(=O)O. The molecule has 0 aliphatic heterocycles. The quantitative estimate of drug-likeness (QED) is 0.770. The zero-order chi connectivity index (χ0) is 12.5. The monoisotopic (exact) mass is 225 g/mol. The summed E-state index contributed by atoms with van der Waals surface area (Å²) in [4.78, 5) is 21.8. The van der Waals surface area contributed by atoms with Crippen LogP contribution in [0.1, 0.15) is 28.7 Å². The average Bonchev–Trinajstić information content (AvgIpc) is 2.41.